The number of aromatic nitrogens is 2. The van der Waals surface area contributed by atoms with E-state index in [2.05, 4.69) is 9.97 Å². The molecule has 1 aliphatic rings. The van der Waals surface area contributed by atoms with Crippen LogP contribution < -0.4 is 5.56 Å². The second kappa shape index (κ2) is 8.08. The third kappa shape index (κ3) is 4.23. The largest absolute Gasteiger partial charge is 0.382 e. The molecule has 0 saturated carbocycles. The first-order valence-corrected chi connectivity index (χ1v) is 9.81. The summed E-state index contributed by atoms with van der Waals surface area (Å²) in [6.45, 7) is 3.73. The van der Waals surface area contributed by atoms with Crippen LogP contribution in [-0.2, 0) is 27.2 Å². The number of thioether (sulfide) groups is 1. The number of nitrogens with one attached hydrogen (secondary N) is 1. The van der Waals surface area contributed by atoms with E-state index in [1.807, 2.05) is 0 Å². The van der Waals surface area contributed by atoms with E-state index >= 15 is 0 Å². The van der Waals surface area contributed by atoms with Gasteiger partial charge < -0.3 is 14.5 Å². The molecule has 0 atom stereocenters. The van der Waals surface area contributed by atoms with Crippen LogP contribution in [0.4, 0.5) is 8.78 Å². The summed E-state index contributed by atoms with van der Waals surface area (Å²) < 4.78 is 40.0. The molecule has 0 bridgehead atoms. The summed E-state index contributed by atoms with van der Waals surface area (Å²) in [5.74, 6) is 0.157. The summed E-state index contributed by atoms with van der Waals surface area (Å²) in [6, 6.07) is 2.37. The molecular formula is C19H22F2N2O3S. The molecule has 0 unspecified atom stereocenters. The van der Waals surface area contributed by atoms with Gasteiger partial charge in [0.15, 0.2) is 0 Å². The zero-order chi connectivity index (χ0) is 19.6. The molecule has 0 fully saturated rings. The topological polar surface area (TPSA) is 64.2 Å². The molecule has 1 aromatic carbocycles. The molecule has 0 amide bonds. The van der Waals surface area contributed by atoms with Crippen molar-refractivity contribution in [1.29, 1.82) is 0 Å². The Balaban J connectivity index is 1.98. The third-order valence-electron chi connectivity index (χ3n) is 4.50. The lowest BCUT2D eigenvalue weighted by atomic mass is 9.95. The SMILES string of the molecule is COCCOC(C)(C)c1c(F)cc(-c2nc3c(c(=O)[nH]2)CSCC3)cc1F. The second-order valence-corrected chi connectivity index (χ2v) is 7.91. The summed E-state index contributed by atoms with van der Waals surface area (Å²) in [6.07, 6.45) is 0.667. The molecule has 2 aromatic rings. The highest BCUT2D eigenvalue weighted by Gasteiger charge is 2.30. The molecule has 0 saturated heterocycles. The Bertz CT molecular complexity index is 876. The van der Waals surface area contributed by atoms with E-state index in [1.165, 1.54) is 19.2 Å². The lowest BCUT2D eigenvalue weighted by molar-refractivity contribution is -0.0470. The minimum Gasteiger partial charge on any atom is -0.382 e. The molecule has 146 valence electrons. The van der Waals surface area contributed by atoms with Crippen LogP contribution in [0, 0.1) is 11.6 Å². The van der Waals surface area contributed by atoms with E-state index in [0.29, 0.717) is 30.0 Å². The van der Waals surface area contributed by atoms with Gasteiger partial charge in [0.1, 0.15) is 17.5 Å². The van der Waals surface area contributed by atoms with Gasteiger partial charge in [0.25, 0.3) is 5.56 Å². The molecule has 0 radical (unpaired) electrons. The maximum absolute atomic E-state index is 14.8. The Morgan fingerprint density at radius 1 is 1.26 bits per heavy atom. The van der Waals surface area contributed by atoms with Gasteiger partial charge in [0.2, 0.25) is 0 Å². The number of ether oxygens (including phenoxy) is 2. The van der Waals surface area contributed by atoms with Crippen LogP contribution in [0.2, 0.25) is 0 Å². The van der Waals surface area contributed by atoms with E-state index in [0.717, 1.165) is 5.75 Å². The van der Waals surface area contributed by atoms with Crippen molar-refractivity contribution in [1.82, 2.24) is 9.97 Å². The fraction of sp³-hybridized carbons (Fsp3) is 0.474. The van der Waals surface area contributed by atoms with Crippen molar-refractivity contribution < 1.29 is 18.3 Å². The molecule has 1 N–H and O–H groups in total. The smallest absolute Gasteiger partial charge is 0.255 e. The van der Waals surface area contributed by atoms with Gasteiger partial charge in [0, 0.05) is 24.0 Å². The predicted molar refractivity (Wildman–Crippen MR) is 101 cm³/mol. The standard InChI is InChI=1S/C19H22F2N2O3S/c1-19(2,26-6-5-25-3)16-13(20)8-11(9-14(16)21)17-22-15-4-7-27-10-12(15)18(24)23-17/h8-9H,4-7,10H2,1-3H3,(H,22,23,24). The molecule has 5 nitrogen and oxygen atoms in total. The number of methoxy groups -OCH3 is 1. The highest BCUT2D eigenvalue weighted by Crippen LogP contribution is 2.32. The number of benzene rings is 1. The summed E-state index contributed by atoms with van der Waals surface area (Å²) in [4.78, 5) is 19.3. The number of aryl methyl sites for hydroxylation is 1. The fourth-order valence-electron chi connectivity index (χ4n) is 3.12. The second-order valence-electron chi connectivity index (χ2n) is 6.81. The Morgan fingerprint density at radius 3 is 2.63 bits per heavy atom. The highest BCUT2D eigenvalue weighted by molar-refractivity contribution is 7.98. The molecule has 0 spiro atoms. The van der Waals surface area contributed by atoms with Gasteiger partial charge in [0.05, 0.1) is 30.1 Å². The first-order chi connectivity index (χ1) is 12.8. The Hall–Kier alpha value is -1.77. The van der Waals surface area contributed by atoms with Crippen molar-refractivity contribution in [2.75, 3.05) is 26.1 Å². The van der Waals surface area contributed by atoms with Gasteiger partial charge in [-0.05, 0) is 38.2 Å². The monoisotopic (exact) mass is 396 g/mol. The Morgan fingerprint density at radius 2 is 1.96 bits per heavy atom. The van der Waals surface area contributed by atoms with Crippen LogP contribution in [0.25, 0.3) is 11.4 Å². The predicted octanol–water partition coefficient (Wildman–Crippen LogP) is 3.40. The lowest BCUT2D eigenvalue weighted by Gasteiger charge is -2.27. The number of hydrogen-bond acceptors (Lipinski definition) is 5. The van der Waals surface area contributed by atoms with Gasteiger partial charge in [-0.15, -0.1) is 0 Å². The van der Waals surface area contributed by atoms with Crippen LogP contribution in [0.3, 0.4) is 0 Å². The summed E-state index contributed by atoms with van der Waals surface area (Å²) in [7, 11) is 1.53. The van der Waals surface area contributed by atoms with Gasteiger partial charge in [-0.3, -0.25) is 4.79 Å². The number of aromatic amines is 1. The van der Waals surface area contributed by atoms with Gasteiger partial charge in [-0.2, -0.15) is 11.8 Å². The zero-order valence-corrected chi connectivity index (χ0v) is 16.3. The van der Waals surface area contributed by atoms with Crippen LogP contribution >= 0.6 is 11.8 Å². The van der Waals surface area contributed by atoms with Gasteiger partial charge >= 0.3 is 0 Å². The van der Waals surface area contributed by atoms with Crippen LogP contribution in [0.15, 0.2) is 16.9 Å². The maximum Gasteiger partial charge on any atom is 0.255 e. The minimum absolute atomic E-state index is 0.168. The molecule has 3 rings (SSSR count). The van der Waals surface area contributed by atoms with Crippen molar-refractivity contribution >= 4 is 11.8 Å². The van der Waals surface area contributed by atoms with Crippen LogP contribution in [-0.4, -0.2) is 36.0 Å². The van der Waals surface area contributed by atoms with E-state index < -0.39 is 17.2 Å². The number of rotatable bonds is 6. The number of H-pyrrole nitrogens is 1. The van der Waals surface area contributed by atoms with E-state index in [4.69, 9.17) is 9.47 Å². The van der Waals surface area contributed by atoms with Crippen LogP contribution in [0.5, 0.6) is 0 Å². The summed E-state index contributed by atoms with van der Waals surface area (Å²) in [5.41, 5.74) is -0.0612. The average molecular weight is 396 g/mol. The molecule has 0 aliphatic carbocycles. The van der Waals surface area contributed by atoms with Crippen molar-refractivity contribution in [3.63, 3.8) is 0 Å². The van der Waals surface area contributed by atoms with Crippen molar-refractivity contribution in [3.05, 3.63) is 50.9 Å². The summed E-state index contributed by atoms with van der Waals surface area (Å²) >= 11 is 1.67. The molecule has 1 aromatic heterocycles. The first-order valence-electron chi connectivity index (χ1n) is 8.66. The average Bonchev–Trinajstić information content (AvgIpc) is 2.61. The molecule has 27 heavy (non-hydrogen) atoms. The molecular weight excluding hydrogens is 374 g/mol. The highest BCUT2D eigenvalue weighted by atomic mass is 32.2. The van der Waals surface area contributed by atoms with E-state index in [1.54, 1.807) is 25.6 Å². The van der Waals surface area contributed by atoms with Crippen molar-refractivity contribution in [3.8, 4) is 11.4 Å². The molecule has 8 heteroatoms. The molecule has 1 aliphatic heterocycles. The Kier molecular flexibility index (Phi) is 5.98. The van der Waals surface area contributed by atoms with Gasteiger partial charge in [-0.1, -0.05) is 0 Å². The Labute approximate surface area is 160 Å². The lowest BCUT2D eigenvalue weighted by Crippen LogP contribution is -2.27. The number of fused-ring (bicyclic) bond motifs is 1. The zero-order valence-electron chi connectivity index (χ0n) is 15.5. The minimum atomic E-state index is -1.17. The van der Waals surface area contributed by atoms with E-state index in [9.17, 15) is 13.6 Å². The number of halogens is 2. The van der Waals surface area contributed by atoms with Gasteiger partial charge in [-0.25, -0.2) is 13.8 Å². The van der Waals surface area contributed by atoms with Crippen LogP contribution in [0.1, 0.15) is 30.7 Å². The summed E-state index contributed by atoms with van der Waals surface area (Å²) in [5, 5.41) is 0. The first kappa shape index (κ1) is 20.0. The van der Waals surface area contributed by atoms with Crippen molar-refractivity contribution in [2.45, 2.75) is 31.6 Å². The van der Waals surface area contributed by atoms with Crippen molar-refractivity contribution in [2.24, 2.45) is 0 Å². The quantitative estimate of drug-likeness (QED) is 0.759. The third-order valence-corrected chi connectivity index (χ3v) is 5.48. The maximum atomic E-state index is 14.8. The molecule has 2 heterocycles. The fourth-order valence-corrected chi connectivity index (χ4v) is 4.10. The number of nitrogens with zero attached hydrogens (tertiary/aromatic N) is 1. The number of hydrogen-bond donors (Lipinski definition) is 1. The normalized spacial score (nSPS) is 14.3. The van der Waals surface area contributed by atoms with E-state index in [-0.39, 0.29) is 29.1 Å².